The van der Waals surface area contributed by atoms with E-state index in [1.807, 2.05) is 24.3 Å². The first-order chi connectivity index (χ1) is 14.2. The number of ether oxygens (including phenoxy) is 2. The van der Waals surface area contributed by atoms with Gasteiger partial charge in [-0.3, -0.25) is 0 Å². The summed E-state index contributed by atoms with van der Waals surface area (Å²) in [6.07, 6.45) is 8.86. The van der Waals surface area contributed by atoms with Crippen molar-refractivity contribution in [3.63, 3.8) is 0 Å². The highest BCUT2D eigenvalue weighted by Crippen LogP contribution is 2.26. The van der Waals surface area contributed by atoms with Gasteiger partial charge in [0.25, 0.3) is 0 Å². The molecule has 0 aliphatic heterocycles. The van der Waals surface area contributed by atoms with Gasteiger partial charge in [0.1, 0.15) is 5.75 Å². The van der Waals surface area contributed by atoms with Crippen LogP contribution in [0.3, 0.4) is 0 Å². The molecule has 0 bridgehead atoms. The van der Waals surface area contributed by atoms with E-state index >= 15 is 0 Å². The van der Waals surface area contributed by atoms with Gasteiger partial charge in [-0.1, -0.05) is 57.2 Å². The second kappa shape index (κ2) is 10.4. The van der Waals surface area contributed by atoms with Crippen LogP contribution in [-0.4, -0.2) is 27.8 Å². The number of benzene rings is 2. The summed E-state index contributed by atoms with van der Waals surface area (Å²) in [6, 6.07) is 11.1. The zero-order valence-electron chi connectivity index (χ0n) is 16.6. The van der Waals surface area contributed by atoms with E-state index in [4.69, 9.17) is 9.47 Å². The fourth-order valence-electron chi connectivity index (χ4n) is 3.06. The molecule has 0 radical (unpaired) electrons. The molecule has 0 spiro atoms. The van der Waals surface area contributed by atoms with E-state index in [-0.39, 0.29) is 5.75 Å². The summed E-state index contributed by atoms with van der Waals surface area (Å²) < 4.78 is 10.4. The van der Waals surface area contributed by atoms with Gasteiger partial charge in [-0.05, 0) is 35.4 Å². The van der Waals surface area contributed by atoms with Crippen molar-refractivity contribution in [2.24, 2.45) is 0 Å². The van der Waals surface area contributed by atoms with E-state index in [2.05, 4.69) is 16.9 Å². The Kier molecular flexibility index (Phi) is 7.39. The third-order valence-corrected chi connectivity index (χ3v) is 4.63. The molecule has 3 rings (SSSR count). The summed E-state index contributed by atoms with van der Waals surface area (Å²) in [4.78, 5) is 20.1. The number of aromatic nitrogens is 2. The number of nitrogens with zero attached hydrogens (tertiary/aromatic N) is 2. The predicted molar refractivity (Wildman–Crippen MR) is 112 cm³/mol. The van der Waals surface area contributed by atoms with E-state index in [1.54, 1.807) is 12.1 Å². The summed E-state index contributed by atoms with van der Waals surface area (Å²) in [6.45, 7) is 2.57. The van der Waals surface area contributed by atoms with Gasteiger partial charge in [0.05, 0.1) is 19.0 Å². The van der Waals surface area contributed by atoms with Crippen LogP contribution in [0, 0.1) is 0 Å². The summed E-state index contributed by atoms with van der Waals surface area (Å²) in [5.41, 5.74) is 0.838. The maximum Gasteiger partial charge on any atom is 0.513 e. The molecule has 152 valence electrons. The molecule has 3 aromatic rings. The average Bonchev–Trinajstić information content (AvgIpc) is 2.73. The second-order valence-electron chi connectivity index (χ2n) is 6.96. The van der Waals surface area contributed by atoms with Crippen LogP contribution >= 0.6 is 0 Å². The fraction of sp³-hybridized carbons (Fsp3) is 0.348. The van der Waals surface area contributed by atoms with Crippen LogP contribution in [0.25, 0.3) is 22.2 Å². The molecule has 0 aliphatic rings. The zero-order chi connectivity index (χ0) is 20.5. The van der Waals surface area contributed by atoms with Crippen LogP contribution in [0.4, 0.5) is 4.79 Å². The van der Waals surface area contributed by atoms with Gasteiger partial charge in [-0.15, -0.1) is 0 Å². The Morgan fingerprint density at radius 1 is 0.931 bits per heavy atom. The van der Waals surface area contributed by atoms with Gasteiger partial charge >= 0.3 is 6.16 Å². The fourth-order valence-corrected chi connectivity index (χ4v) is 3.06. The summed E-state index contributed by atoms with van der Waals surface area (Å²) >= 11 is 0. The number of unbranched alkanes of at least 4 members (excludes halogenated alkanes) is 5. The van der Waals surface area contributed by atoms with Gasteiger partial charge < -0.3 is 14.6 Å². The van der Waals surface area contributed by atoms with Crippen molar-refractivity contribution in [2.45, 2.75) is 45.4 Å². The van der Waals surface area contributed by atoms with Crippen LogP contribution in [0.2, 0.25) is 0 Å². The van der Waals surface area contributed by atoms with Crippen LogP contribution < -0.4 is 4.74 Å². The number of aromatic hydroxyl groups is 1. The lowest BCUT2D eigenvalue weighted by molar-refractivity contribution is 0.0973. The molecule has 6 heteroatoms. The van der Waals surface area contributed by atoms with E-state index < -0.39 is 6.16 Å². The molecule has 0 aliphatic carbocycles. The van der Waals surface area contributed by atoms with E-state index in [1.165, 1.54) is 38.1 Å². The Labute approximate surface area is 170 Å². The number of hydrogen-bond donors (Lipinski definition) is 1. The third kappa shape index (κ3) is 6.17. The smallest absolute Gasteiger partial charge is 0.505 e. The second-order valence-corrected chi connectivity index (χ2v) is 6.96. The monoisotopic (exact) mass is 394 g/mol. The maximum atomic E-state index is 11.9. The van der Waals surface area contributed by atoms with E-state index in [0.29, 0.717) is 18.2 Å². The zero-order valence-corrected chi connectivity index (χ0v) is 16.6. The number of hydrogen-bond acceptors (Lipinski definition) is 6. The van der Waals surface area contributed by atoms with Crippen LogP contribution in [0.1, 0.15) is 45.4 Å². The summed E-state index contributed by atoms with van der Waals surface area (Å²) in [5.74, 6) is 1.00. The van der Waals surface area contributed by atoms with Crippen LogP contribution in [-0.2, 0) is 4.74 Å². The molecule has 1 aromatic heterocycles. The largest absolute Gasteiger partial charge is 0.513 e. The Bertz CT molecular complexity index is 941. The first-order valence-corrected chi connectivity index (χ1v) is 10.1. The van der Waals surface area contributed by atoms with E-state index in [9.17, 15) is 9.90 Å². The molecule has 0 atom stereocenters. The van der Waals surface area contributed by atoms with Crippen LogP contribution in [0.15, 0.2) is 48.8 Å². The summed E-state index contributed by atoms with van der Waals surface area (Å²) in [5, 5.41) is 11.2. The lowest BCUT2D eigenvalue weighted by Crippen LogP contribution is -2.11. The molecule has 1 heterocycles. The van der Waals surface area contributed by atoms with Crippen molar-refractivity contribution in [3.8, 4) is 22.9 Å². The lowest BCUT2D eigenvalue weighted by atomic mass is 10.1. The molecule has 1 N–H and O–H groups in total. The molecule has 0 saturated carbocycles. The number of rotatable bonds is 9. The first kappa shape index (κ1) is 20.6. The van der Waals surface area contributed by atoms with Crippen molar-refractivity contribution < 1.29 is 19.4 Å². The topological polar surface area (TPSA) is 81.5 Å². The highest BCUT2D eigenvalue weighted by atomic mass is 16.7. The molecule has 6 nitrogen and oxygen atoms in total. The minimum Gasteiger partial charge on any atom is -0.505 e. The molecule has 29 heavy (non-hydrogen) atoms. The third-order valence-electron chi connectivity index (χ3n) is 4.63. The Morgan fingerprint density at radius 2 is 1.62 bits per heavy atom. The summed E-state index contributed by atoms with van der Waals surface area (Å²) in [7, 11) is 0. The Morgan fingerprint density at radius 3 is 2.41 bits per heavy atom. The van der Waals surface area contributed by atoms with Gasteiger partial charge in [0.2, 0.25) is 0 Å². The quantitative estimate of drug-likeness (QED) is 0.277. The first-order valence-electron chi connectivity index (χ1n) is 10.1. The highest BCUT2D eigenvalue weighted by molar-refractivity contribution is 5.88. The Hall–Kier alpha value is -3.15. The molecule has 0 unspecified atom stereocenters. The normalized spacial score (nSPS) is 10.8. The minimum absolute atomic E-state index is 0.0275. The number of fused-ring (bicyclic) bond motifs is 1. The molecule has 2 aromatic carbocycles. The lowest BCUT2D eigenvalue weighted by Gasteiger charge is -2.08. The van der Waals surface area contributed by atoms with Gasteiger partial charge in [0.15, 0.2) is 11.6 Å². The number of carbonyl (C=O) groups excluding carboxylic acids is 1. The number of carbonyl (C=O) groups is 1. The standard InChI is InChI=1S/C23H26N2O4/c1-2-3-4-5-6-7-12-28-23(27)29-21-11-10-17-13-19(9-8-18(17)14-21)22-24-15-20(26)16-25-22/h8-11,13-16,26H,2-7,12H2,1H3. The molecule has 0 amide bonds. The van der Waals surface area contributed by atoms with Crippen molar-refractivity contribution in [1.82, 2.24) is 9.97 Å². The van der Waals surface area contributed by atoms with Gasteiger partial charge in [-0.25, -0.2) is 14.8 Å². The Balaban J connectivity index is 1.53. The van der Waals surface area contributed by atoms with Crippen molar-refractivity contribution in [2.75, 3.05) is 6.61 Å². The van der Waals surface area contributed by atoms with Crippen molar-refractivity contribution in [3.05, 3.63) is 48.8 Å². The minimum atomic E-state index is -0.674. The van der Waals surface area contributed by atoms with Gasteiger partial charge in [-0.2, -0.15) is 0 Å². The average molecular weight is 394 g/mol. The highest BCUT2D eigenvalue weighted by Gasteiger charge is 2.08. The van der Waals surface area contributed by atoms with Crippen molar-refractivity contribution in [1.29, 1.82) is 0 Å². The van der Waals surface area contributed by atoms with E-state index in [0.717, 1.165) is 29.2 Å². The van der Waals surface area contributed by atoms with Gasteiger partial charge in [0, 0.05) is 5.56 Å². The molecular formula is C23H26N2O4. The maximum absolute atomic E-state index is 11.9. The predicted octanol–water partition coefficient (Wildman–Crippen LogP) is 5.88. The van der Waals surface area contributed by atoms with Crippen molar-refractivity contribution >= 4 is 16.9 Å². The van der Waals surface area contributed by atoms with Crippen LogP contribution in [0.5, 0.6) is 11.5 Å². The molecular weight excluding hydrogens is 368 g/mol. The molecule has 0 saturated heterocycles. The SMILES string of the molecule is CCCCCCCCOC(=O)Oc1ccc2cc(-c3ncc(O)cn3)ccc2c1. The molecule has 0 fully saturated rings.